The molecule has 0 aliphatic rings. The fraction of sp³-hybridized carbons (Fsp3) is 0.440. The van der Waals surface area contributed by atoms with Gasteiger partial charge in [-0.3, -0.25) is 0 Å². The first-order valence-corrected chi connectivity index (χ1v) is 10.8. The minimum atomic E-state index is -1.16. The van der Waals surface area contributed by atoms with Gasteiger partial charge < -0.3 is 19.5 Å². The second kappa shape index (κ2) is 12.6. The first kappa shape index (κ1) is 24.3. The van der Waals surface area contributed by atoms with Crippen LogP contribution >= 0.6 is 0 Å². The minimum Gasteiger partial charge on any atom is -0.494 e. The normalized spacial score (nSPS) is 12.5. The van der Waals surface area contributed by atoms with E-state index in [1.807, 2.05) is 30.3 Å². The van der Waals surface area contributed by atoms with Crippen LogP contribution in [0.1, 0.15) is 44.2 Å². The Morgan fingerprint density at radius 2 is 1.61 bits per heavy atom. The van der Waals surface area contributed by atoms with Crippen molar-refractivity contribution in [1.29, 1.82) is 0 Å². The number of hydrogen-bond acceptors (Lipinski definition) is 5. The molecular weight excluding hydrogens is 394 g/mol. The van der Waals surface area contributed by atoms with Gasteiger partial charge in [-0.2, -0.15) is 0 Å². The number of carbonyl (C=O) groups excluding carboxylic acids is 2. The van der Waals surface area contributed by atoms with Crippen molar-refractivity contribution in [3.05, 3.63) is 65.7 Å². The Kier molecular flexibility index (Phi) is 9.88. The van der Waals surface area contributed by atoms with Crippen molar-refractivity contribution >= 4 is 12.1 Å². The number of hydrogen-bond donors (Lipinski definition) is 1. The molecule has 1 amide bonds. The lowest BCUT2D eigenvalue weighted by atomic mass is 9.93. The molecule has 0 aliphatic heterocycles. The lowest BCUT2D eigenvalue weighted by Crippen LogP contribution is -2.53. The van der Waals surface area contributed by atoms with Crippen LogP contribution in [0.2, 0.25) is 0 Å². The maximum atomic E-state index is 12.3. The summed E-state index contributed by atoms with van der Waals surface area (Å²) in [7, 11) is 1.27. The zero-order chi connectivity index (χ0) is 22.5. The van der Waals surface area contributed by atoms with Crippen LogP contribution in [-0.2, 0) is 27.1 Å². The number of esters is 1. The molecule has 0 fully saturated rings. The second-order valence-corrected chi connectivity index (χ2v) is 7.60. The van der Waals surface area contributed by atoms with Gasteiger partial charge in [-0.1, -0.05) is 42.5 Å². The van der Waals surface area contributed by atoms with E-state index >= 15 is 0 Å². The molecule has 168 valence electrons. The Bertz CT molecular complexity index is 806. The molecule has 0 aromatic heterocycles. The Hall–Kier alpha value is -3.02. The van der Waals surface area contributed by atoms with Crippen LogP contribution in [0.25, 0.3) is 0 Å². The van der Waals surface area contributed by atoms with E-state index in [4.69, 9.17) is 9.47 Å². The van der Waals surface area contributed by atoms with Gasteiger partial charge >= 0.3 is 12.1 Å². The van der Waals surface area contributed by atoms with Crippen LogP contribution in [0.15, 0.2) is 54.6 Å². The van der Waals surface area contributed by atoms with Crippen molar-refractivity contribution in [2.75, 3.05) is 20.3 Å². The summed E-state index contributed by atoms with van der Waals surface area (Å²) in [5.74, 6) is 0.347. The summed E-state index contributed by atoms with van der Waals surface area (Å²) in [6.07, 6.45) is 3.46. The Morgan fingerprint density at radius 3 is 2.26 bits per heavy atom. The molecule has 0 heterocycles. The molecule has 2 rings (SSSR count). The van der Waals surface area contributed by atoms with E-state index in [1.54, 1.807) is 13.8 Å². The molecule has 31 heavy (non-hydrogen) atoms. The molecule has 0 spiro atoms. The summed E-state index contributed by atoms with van der Waals surface area (Å²) < 4.78 is 15.6. The number of alkyl carbamates (subject to hydrolysis) is 1. The van der Waals surface area contributed by atoms with Crippen molar-refractivity contribution in [2.24, 2.45) is 0 Å². The van der Waals surface area contributed by atoms with Crippen LogP contribution in [0, 0.1) is 0 Å². The molecule has 0 radical (unpaired) electrons. The third-order valence-corrected chi connectivity index (χ3v) is 5.10. The molecular formula is C25H33NO5. The summed E-state index contributed by atoms with van der Waals surface area (Å²) in [6, 6.07) is 18.3. The number of benzene rings is 2. The Morgan fingerprint density at radius 1 is 0.935 bits per heavy atom. The third-order valence-electron chi connectivity index (χ3n) is 5.10. The number of aryl methyl sites for hydroxylation is 2. The highest BCUT2D eigenvalue weighted by atomic mass is 16.5. The van der Waals surface area contributed by atoms with Gasteiger partial charge in [0.15, 0.2) is 0 Å². The van der Waals surface area contributed by atoms with Gasteiger partial charge in [0, 0.05) is 0 Å². The number of amides is 1. The first-order valence-electron chi connectivity index (χ1n) is 10.8. The van der Waals surface area contributed by atoms with E-state index in [1.165, 1.54) is 12.7 Å². The number of rotatable bonds is 12. The van der Waals surface area contributed by atoms with Crippen molar-refractivity contribution in [3.8, 4) is 5.75 Å². The maximum absolute atomic E-state index is 12.3. The fourth-order valence-corrected chi connectivity index (χ4v) is 3.19. The van der Waals surface area contributed by atoms with Crippen LogP contribution in [-0.4, -0.2) is 37.9 Å². The molecule has 0 bridgehead atoms. The van der Waals surface area contributed by atoms with Gasteiger partial charge in [0.25, 0.3) is 0 Å². The number of ether oxygens (including phenoxy) is 3. The SMILES string of the molecule is CCOC(=O)C(C)(CCc1ccc(OCCCCc2ccccc2)cc1)NC(=O)OC. The number of methoxy groups -OCH3 is 1. The summed E-state index contributed by atoms with van der Waals surface area (Å²) in [4.78, 5) is 24.0. The third kappa shape index (κ3) is 8.32. The topological polar surface area (TPSA) is 73.9 Å². The minimum absolute atomic E-state index is 0.245. The molecule has 1 unspecified atom stereocenters. The van der Waals surface area contributed by atoms with Gasteiger partial charge in [0.05, 0.1) is 20.3 Å². The largest absolute Gasteiger partial charge is 0.494 e. The van der Waals surface area contributed by atoms with E-state index < -0.39 is 17.6 Å². The molecule has 1 N–H and O–H groups in total. The van der Waals surface area contributed by atoms with Gasteiger partial charge in [-0.25, -0.2) is 9.59 Å². The van der Waals surface area contributed by atoms with E-state index in [2.05, 4.69) is 34.3 Å². The van der Waals surface area contributed by atoms with Crippen molar-refractivity contribution in [3.63, 3.8) is 0 Å². The first-order chi connectivity index (χ1) is 15.0. The Labute approximate surface area is 184 Å². The zero-order valence-electron chi connectivity index (χ0n) is 18.7. The highest BCUT2D eigenvalue weighted by Crippen LogP contribution is 2.19. The van der Waals surface area contributed by atoms with Crippen LogP contribution < -0.4 is 10.1 Å². The van der Waals surface area contributed by atoms with Crippen molar-refractivity contribution in [1.82, 2.24) is 5.32 Å². The Balaban J connectivity index is 1.79. The molecule has 6 heteroatoms. The van der Waals surface area contributed by atoms with Crippen LogP contribution in [0.5, 0.6) is 5.75 Å². The number of nitrogens with one attached hydrogen (secondary N) is 1. The van der Waals surface area contributed by atoms with E-state index in [0.717, 1.165) is 30.6 Å². The predicted molar refractivity (Wildman–Crippen MR) is 120 cm³/mol. The zero-order valence-corrected chi connectivity index (χ0v) is 18.7. The van der Waals surface area contributed by atoms with E-state index in [0.29, 0.717) is 19.4 Å². The maximum Gasteiger partial charge on any atom is 0.407 e. The molecule has 2 aromatic rings. The van der Waals surface area contributed by atoms with Gasteiger partial charge in [-0.05, 0) is 69.2 Å². The van der Waals surface area contributed by atoms with Crippen LogP contribution in [0.3, 0.4) is 0 Å². The van der Waals surface area contributed by atoms with E-state index in [-0.39, 0.29) is 6.61 Å². The monoisotopic (exact) mass is 427 g/mol. The molecule has 0 saturated carbocycles. The lowest BCUT2D eigenvalue weighted by molar-refractivity contribution is -0.150. The highest BCUT2D eigenvalue weighted by molar-refractivity contribution is 5.85. The summed E-state index contributed by atoms with van der Waals surface area (Å²) in [5, 5.41) is 2.60. The molecule has 1 atom stereocenters. The average molecular weight is 428 g/mol. The van der Waals surface area contributed by atoms with E-state index in [9.17, 15) is 9.59 Å². The summed E-state index contributed by atoms with van der Waals surface area (Å²) in [5.41, 5.74) is 1.23. The molecule has 0 saturated heterocycles. The van der Waals surface area contributed by atoms with Crippen molar-refractivity contribution < 1.29 is 23.8 Å². The van der Waals surface area contributed by atoms with Crippen molar-refractivity contribution in [2.45, 2.75) is 51.5 Å². The van der Waals surface area contributed by atoms with Gasteiger partial charge in [-0.15, -0.1) is 0 Å². The molecule has 6 nitrogen and oxygen atoms in total. The van der Waals surface area contributed by atoms with Crippen LogP contribution in [0.4, 0.5) is 4.79 Å². The average Bonchev–Trinajstić information content (AvgIpc) is 2.79. The quantitative estimate of drug-likeness (QED) is 0.393. The predicted octanol–water partition coefficient (Wildman–Crippen LogP) is 4.70. The second-order valence-electron chi connectivity index (χ2n) is 7.60. The summed E-state index contributed by atoms with van der Waals surface area (Å²) >= 11 is 0. The molecule has 2 aromatic carbocycles. The van der Waals surface area contributed by atoms with Gasteiger partial charge in [0.2, 0.25) is 0 Å². The summed E-state index contributed by atoms with van der Waals surface area (Å²) in [6.45, 7) is 4.30. The molecule has 0 aliphatic carbocycles. The number of carbonyl (C=O) groups is 2. The highest BCUT2D eigenvalue weighted by Gasteiger charge is 2.36. The standard InChI is InChI=1S/C25H33NO5/c1-4-30-23(27)25(2,26-24(28)29-3)18-17-21-13-15-22(16-14-21)31-19-9-8-12-20-10-6-5-7-11-20/h5-7,10-11,13-16H,4,8-9,12,17-19H2,1-3H3,(H,26,28). The fourth-order valence-electron chi connectivity index (χ4n) is 3.19. The number of unbranched alkanes of at least 4 members (excludes halogenated alkanes) is 1. The van der Waals surface area contributed by atoms with Gasteiger partial charge in [0.1, 0.15) is 11.3 Å². The lowest BCUT2D eigenvalue weighted by Gasteiger charge is -2.27. The smallest absolute Gasteiger partial charge is 0.407 e.